The summed E-state index contributed by atoms with van der Waals surface area (Å²) in [6, 6.07) is 0. The van der Waals surface area contributed by atoms with Crippen molar-refractivity contribution in [3.63, 3.8) is 0 Å². The minimum Gasteiger partial charge on any atom is -0.369 e. The van der Waals surface area contributed by atoms with Gasteiger partial charge in [0.1, 0.15) is 6.17 Å². The molecule has 0 saturated heterocycles. The molecule has 2 aliphatic rings. The molecule has 6 heteroatoms. The van der Waals surface area contributed by atoms with Gasteiger partial charge in [0, 0.05) is 25.6 Å². The van der Waals surface area contributed by atoms with Gasteiger partial charge in [-0.2, -0.15) is 5.10 Å². The van der Waals surface area contributed by atoms with Crippen molar-refractivity contribution in [3.05, 3.63) is 17.0 Å². The fourth-order valence-electron chi connectivity index (χ4n) is 3.30. The summed E-state index contributed by atoms with van der Waals surface area (Å²) in [6.45, 7) is 4.56. The zero-order chi connectivity index (χ0) is 15.1. The highest BCUT2D eigenvalue weighted by atomic mass is 19.1. The Morgan fingerprint density at radius 2 is 2.19 bits per heavy atom. The second-order valence-electron chi connectivity index (χ2n) is 6.38. The first-order valence-electron chi connectivity index (χ1n) is 7.57. The molecule has 0 unspecified atom stereocenters. The predicted molar refractivity (Wildman–Crippen MR) is 75.8 cm³/mol. The molecule has 0 bridgehead atoms. The third-order valence-corrected chi connectivity index (χ3v) is 4.49. The molecule has 1 fully saturated rings. The van der Waals surface area contributed by atoms with Crippen molar-refractivity contribution < 1.29 is 13.9 Å². The van der Waals surface area contributed by atoms with E-state index in [1.54, 1.807) is 11.9 Å². The van der Waals surface area contributed by atoms with E-state index in [9.17, 15) is 9.18 Å². The topological polar surface area (TPSA) is 58.2 Å². The molecule has 0 radical (unpaired) electrons. The van der Waals surface area contributed by atoms with Crippen molar-refractivity contribution in [1.82, 2.24) is 15.1 Å². The number of ether oxygens (including phenoxy) is 1. The average Bonchev–Trinajstić information content (AvgIpc) is 2.79. The van der Waals surface area contributed by atoms with E-state index in [0.29, 0.717) is 31.5 Å². The van der Waals surface area contributed by atoms with Crippen molar-refractivity contribution >= 4 is 5.91 Å². The SMILES string of the molecule is C[C@@H]1Cc2c(C(=O)N(C)CC3CC(F)C3)n[nH]c2[C@H](C)O1. The molecule has 0 aromatic carbocycles. The molecule has 1 aliphatic heterocycles. The van der Waals surface area contributed by atoms with E-state index < -0.39 is 6.17 Å². The van der Waals surface area contributed by atoms with Crippen LogP contribution in [0.25, 0.3) is 0 Å². The molecule has 1 N–H and O–H groups in total. The first-order chi connectivity index (χ1) is 9.95. The molecule has 21 heavy (non-hydrogen) atoms. The van der Waals surface area contributed by atoms with Crippen LogP contribution in [0.15, 0.2) is 0 Å². The van der Waals surface area contributed by atoms with Crippen molar-refractivity contribution in [3.8, 4) is 0 Å². The van der Waals surface area contributed by atoms with Gasteiger partial charge in [0.05, 0.1) is 17.9 Å². The van der Waals surface area contributed by atoms with Gasteiger partial charge < -0.3 is 9.64 Å². The van der Waals surface area contributed by atoms with Gasteiger partial charge in [-0.15, -0.1) is 0 Å². The van der Waals surface area contributed by atoms with Gasteiger partial charge in [0.2, 0.25) is 0 Å². The van der Waals surface area contributed by atoms with Gasteiger partial charge >= 0.3 is 0 Å². The van der Waals surface area contributed by atoms with Gasteiger partial charge in [-0.1, -0.05) is 0 Å². The summed E-state index contributed by atoms with van der Waals surface area (Å²) in [6.07, 6.45) is 1.16. The molecule has 5 nitrogen and oxygen atoms in total. The number of hydrogen-bond acceptors (Lipinski definition) is 3. The molecule has 2 atom stereocenters. The van der Waals surface area contributed by atoms with Crippen molar-refractivity contribution in [2.24, 2.45) is 5.92 Å². The highest BCUT2D eigenvalue weighted by Crippen LogP contribution is 2.32. The van der Waals surface area contributed by atoms with Gasteiger partial charge in [-0.3, -0.25) is 9.89 Å². The van der Waals surface area contributed by atoms with Crippen LogP contribution in [0.1, 0.15) is 54.5 Å². The number of fused-ring (bicyclic) bond motifs is 1. The lowest BCUT2D eigenvalue weighted by Gasteiger charge is -2.33. The molecule has 1 saturated carbocycles. The van der Waals surface area contributed by atoms with Crippen LogP contribution in [0.5, 0.6) is 0 Å². The standard InChI is InChI=1S/C15H22FN3O2/c1-8-4-12-13(9(2)21-8)17-18-14(12)15(20)19(3)7-10-5-11(16)6-10/h8-11H,4-7H2,1-3H3,(H,17,18)/t8-,9+,10?,11?/m1/s1. The monoisotopic (exact) mass is 295 g/mol. The Bertz CT molecular complexity index is 539. The fraction of sp³-hybridized carbons (Fsp3) is 0.733. The number of aromatic nitrogens is 2. The summed E-state index contributed by atoms with van der Waals surface area (Å²) < 4.78 is 18.6. The summed E-state index contributed by atoms with van der Waals surface area (Å²) >= 11 is 0. The number of hydrogen-bond donors (Lipinski definition) is 1. The number of H-pyrrole nitrogens is 1. The third kappa shape index (κ3) is 2.69. The zero-order valence-corrected chi connectivity index (χ0v) is 12.7. The molecular weight excluding hydrogens is 273 g/mol. The first kappa shape index (κ1) is 14.5. The Morgan fingerprint density at radius 1 is 1.48 bits per heavy atom. The van der Waals surface area contributed by atoms with Crippen LogP contribution < -0.4 is 0 Å². The number of rotatable bonds is 3. The van der Waals surface area contributed by atoms with Crippen LogP contribution in [0, 0.1) is 5.92 Å². The summed E-state index contributed by atoms with van der Waals surface area (Å²) in [5.41, 5.74) is 2.36. The van der Waals surface area contributed by atoms with Crippen LogP contribution in [0.3, 0.4) is 0 Å². The molecule has 1 aromatic rings. The molecule has 116 valence electrons. The van der Waals surface area contributed by atoms with Crippen molar-refractivity contribution in [1.29, 1.82) is 0 Å². The number of nitrogens with one attached hydrogen (secondary N) is 1. The number of nitrogens with zero attached hydrogens (tertiary/aromatic N) is 2. The van der Waals surface area contributed by atoms with E-state index in [4.69, 9.17) is 4.74 Å². The van der Waals surface area contributed by atoms with E-state index in [-0.39, 0.29) is 24.0 Å². The quantitative estimate of drug-likeness (QED) is 0.930. The fourth-order valence-corrected chi connectivity index (χ4v) is 3.30. The first-order valence-corrected chi connectivity index (χ1v) is 7.57. The van der Waals surface area contributed by atoms with Gasteiger partial charge in [-0.25, -0.2) is 4.39 Å². The second kappa shape index (κ2) is 5.40. The summed E-state index contributed by atoms with van der Waals surface area (Å²) in [7, 11) is 1.77. The second-order valence-corrected chi connectivity index (χ2v) is 6.38. The number of carbonyl (C=O) groups excluding carboxylic acids is 1. The van der Waals surface area contributed by atoms with Crippen LogP contribution in [-0.2, 0) is 11.2 Å². The van der Waals surface area contributed by atoms with Crippen LogP contribution in [0.4, 0.5) is 4.39 Å². The molecule has 1 aliphatic carbocycles. The molecule has 2 heterocycles. The number of halogens is 1. The van der Waals surface area contributed by atoms with Crippen LogP contribution >= 0.6 is 0 Å². The Labute approximate surface area is 123 Å². The smallest absolute Gasteiger partial charge is 0.274 e. The van der Waals surface area contributed by atoms with Gasteiger partial charge in [0.15, 0.2) is 5.69 Å². The lowest BCUT2D eigenvalue weighted by Crippen LogP contribution is -2.38. The van der Waals surface area contributed by atoms with Gasteiger partial charge in [0.25, 0.3) is 5.91 Å². The Balaban J connectivity index is 1.73. The maximum atomic E-state index is 12.9. The third-order valence-electron chi connectivity index (χ3n) is 4.49. The maximum absolute atomic E-state index is 12.9. The molecule has 1 aromatic heterocycles. The zero-order valence-electron chi connectivity index (χ0n) is 12.7. The predicted octanol–water partition coefficient (Wildman–Crippen LogP) is 2.25. The Hall–Kier alpha value is -1.43. The highest BCUT2D eigenvalue weighted by molar-refractivity contribution is 5.94. The van der Waals surface area contributed by atoms with Crippen LogP contribution in [0.2, 0.25) is 0 Å². The number of alkyl halides is 1. The molecular formula is C15H22FN3O2. The summed E-state index contributed by atoms with van der Waals surface area (Å²) in [4.78, 5) is 14.2. The number of amides is 1. The largest absolute Gasteiger partial charge is 0.369 e. The van der Waals surface area contributed by atoms with Crippen molar-refractivity contribution in [2.75, 3.05) is 13.6 Å². The van der Waals surface area contributed by atoms with E-state index in [1.807, 2.05) is 13.8 Å². The van der Waals surface area contributed by atoms with E-state index in [2.05, 4.69) is 10.2 Å². The highest BCUT2D eigenvalue weighted by Gasteiger charge is 2.33. The normalized spacial score (nSPS) is 31.4. The molecule has 3 rings (SSSR count). The van der Waals surface area contributed by atoms with Crippen molar-refractivity contribution in [2.45, 2.75) is 51.5 Å². The minimum absolute atomic E-state index is 0.0676. The maximum Gasteiger partial charge on any atom is 0.274 e. The van der Waals surface area contributed by atoms with Crippen LogP contribution in [-0.4, -0.2) is 46.9 Å². The lowest BCUT2D eigenvalue weighted by molar-refractivity contribution is -0.00703. The average molecular weight is 295 g/mol. The van der Waals surface area contributed by atoms with E-state index >= 15 is 0 Å². The Kier molecular flexibility index (Phi) is 3.73. The molecule has 1 amide bonds. The van der Waals surface area contributed by atoms with Gasteiger partial charge in [-0.05, 0) is 32.6 Å². The number of carbonyl (C=O) groups is 1. The lowest BCUT2D eigenvalue weighted by atomic mass is 9.83. The molecule has 0 spiro atoms. The van der Waals surface area contributed by atoms with E-state index in [0.717, 1.165) is 11.3 Å². The summed E-state index contributed by atoms with van der Waals surface area (Å²) in [5, 5.41) is 7.14. The Morgan fingerprint density at radius 3 is 2.86 bits per heavy atom. The number of aromatic amines is 1. The minimum atomic E-state index is -0.685. The summed E-state index contributed by atoms with van der Waals surface area (Å²) in [5.74, 6) is 0.195. The van der Waals surface area contributed by atoms with E-state index in [1.165, 1.54) is 0 Å².